The minimum Gasteiger partial charge on any atom is -0.492 e. The van der Waals surface area contributed by atoms with Crippen molar-refractivity contribution < 1.29 is 17.5 Å². The molecule has 0 aliphatic carbocycles. The van der Waals surface area contributed by atoms with E-state index in [0.29, 0.717) is 38.3 Å². The molecule has 1 aliphatic rings. The summed E-state index contributed by atoms with van der Waals surface area (Å²) in [5.74, 6) is 0.404. The van der Waals surface area contributed by atoms with E-state index in [2.05, 4.69) is 4.90 Å². The summed E-state index contributed by atoms with van der Waals surface area (Å²) in [7, 11) is -3.62. The standard InChI is InChI=1S/C19H23FN2O3S/c1-3-25-19-7-5-4-6-18(19)21-10-12-22(13-11-21)26(23,24)16-8-9-17(20)15(2)14-16/h4-9,14H,3,10-13H2,1-2H3. The second-order valence-corrected chi connectivity index (χ2v) is 8.14. The van der Waals surface area contributed by atoms with Crippen molar-refractivity contribution in [2.24, 2.45) is 0 Å². The first-order valence-corrected chi connectivity index (χ1v) is 10.1. The Morgan fingerprint density at radius 1 is 1.08 bits per heavy atom. The third kappa shape index (κ3) is 3.68. The van der Waals surface area contributed by atoms with Crippen molar-refractivity contribution in [3.8, 4) is 5.75 Å². The normalized spacial score (nSPS) is 15.9. The van der Waals surface area contributed by atoms with Crippen LogP contribution in [0.4, 0.5) is 10.1 Å². The molecule has 5 nitrogen and oxygen atoms in total. The van der Waals surface area contributed by atoms with Crippen molar-refractivity contribution in [3.63, 3.8) is 0 Å². The number of aryl methyl sites for hydroxylation is 1. The summed E-state index contributed by atoms with van der Waals surface area (Å²) in [5, 5.41) is 0. The van der Waals surface area contributed by atoms with Gasteiger partial charge in [-0.2, -0.15) is 4.31 Å². The van der Waals surface area contributed by atoms with Gasteiger partial charge >= 0.3 is 0 Å². The van der Waals surface area contributed by atoms with Crippen LogP contribution >= 0.6 is 0 Å². The van der Waals surface area contributed by atoms with Crippen LogP contribution in [-0.2, 0) is 10.0 Å². The van der Waals surface area contributed by atoms with Crippen LogP contribution < -0.4 is 9.64 Å². The smallest absolute Gasteiger partial charge is 0.243 e. The van der Waals surface area contributed by atoms with Gasteiger partial charge in [-0.1, -0.05) is 12.1 Å². The van der Waals surface area contributed by atoms with Gasteiger partial charge in [0.15, 0.2) is 0 Å². The second kappa shape index (κ2) is 7.63. The molecule has 0 bridgehead atoms. The monoisotopic (exact) mass is 378 g/mol. The predicted octanol–water partition coefficient (Wildman–Crippen LogP) is 3.04. The maximum Gasteiger partial charge on any atom is 0.243 e. The van der Waals surface area contributed by atoms with E-state index in [4.69, 9.17) is 4.74 Å². The van der Waals surface area contributed by atoms with Crippen LogP contribution in [0.3, 0.4) is 0 Å². The lowest BCUT2D eigenvalue weighted by atomic mass is 10.2. The summed E-state index contributed by atoms with van der Waals surface area (Å²) < 4.78 is 46.2. The summed E-state index contributed by atoms with van der Waals surface area (Å²) in [6.07, 6.45) is 0. The van der Waals surface area contributed by atoms with Gasteiger partial charge in [0.1, 0.15) is 11.6 Å². The molecule has 0 atom stereocenters. The molecule has 140 valence electrons. The number of para-hydroxylation sites is 2. The van der Waals surface area contributed by atoms with Crippen molar-refractivity contribution in [1.29, 1.82) is 0 Å². The molecule has 1 fully saturated rings. The summed E-state index contributed by atoms with van der Waals surface area (Å²) in [6.45, 7) is 5.98. The van der Waals surface area contributed by atoms with Crippen molar-refractivity contribution in [3.05, 3.63) is 53.8 Å². The van der Waals surface area contributed by atoms with E-state index < -0.39 is 15.8 Å². The van der Waals surface area contributed by atoms with Crippen LogP contribution in [0.25, 0.3) is 0 Å². The zero-order valence-corrected chi connectivity index (χ0v) is 15.8. The van der Waals surface area contributed by atoms with Gasteiger partial charge in [0, 0.05) is 26.2 Å². The van der Waals surface area contributed by atoms with Gasteiger partial charge < -0.3 is 9.64 Å². The summed E-state index contributed by atoms with van der Waals surface area (Å²) in [6, 6.07) is 11.7. The number of sulfonamides is 1. The van der Waals surface area contributed by atoms with Gasteiger partial charge in [-0.05, 0) is 49.7 Å². The number of piperazine rings is 1. The average molecular weight is 378 g/mol. The molecular formula is C19H23FN2O3S. The van der Waals surface area contributed by atoms with Crippen LogP contribution in [0.1, 0.15) is 12.5 Å². The quantitative estimate of drug-likeness (QED) is 0.802. The second-order valence-electron chi connectivity index (χ2n) is 6.20. The molecule has 1 saturated heterocycles. The molecule has 0 radical (unpaired) electrons. The number of nitrogens with zero attached hydrogens (tertiary/aromatic N) is 2. The molecule has 0 N–H and O–H groups in total. The lowest BCUT2D eigenvalue weighted by Gasteiger charge is -2.36. The molecule has 2 aromatic carbocycles. The van der Waals surface area contributed by atoms with Crippen molar-refractivity contribution in [1.82, 2.24) is 4.31 Å². The molecule has 0 saturated carbocycles. The number of ether oxygens (including phenoxy) is 1. The maximum absolute atomic E-state index is 13.4. The topological polar surface area (TPSA) is 49.9 Å². The lowest BCUT2D eigenvalue weighted by Crippen LogP contribution is -2.48. The zero-order valence-electron chi connectivity index (χ0n) is 15.0. The largest absolute Gasteiger partial charge is 0.492 e. The SMILES string of the molecule is CCOc1ccccc1N1CCN(S(=O)(=O)c2ccc(F)c(C)c2)CC1. The Balaban J connectivity index is 1.75. The number of anilines is 1. The highest BCUT2D eigenvalue weighted by molar-refractivity contribution is 7.89. The fourth-order valence-electron chi connectivity index (χ4n) is 3.09. The molecule has 1 heterocycles. The summed E-state index contributed by atoms with van der Waals surface area (Å²) in [4.78, 5) is 2.27. The zero-order chi connectivity index (χ0) is 18.7. The Morgan fingerprint density at radius 3 is 2.42 bits per heavy atom. The fraction of sp³-hybridized carbons (Fsp3) is 0.368. The van der Waals surface area contributed by atoms with Gasteiger partial charge in [0.2, 0.25) is 10.0 Å². The first-order valence-electron chi connectivity index (χ1n) is 8.66. The lowest BCUT2D eigenvalue weighted by molar-refractivity contribution is 0.337. The summed E-state index contributed by atoms with van der Waals surface area (Å²) >= 11 is 0. The van der Waals surface area contributed by atoms with Gasteiger partial charge in [-0.25, -0.2) is 12.8 Å². The minimum absolute atomic E-state index is 0.138. The highest BCUT2D eigenvalue weighted by atomic mass is 32.2. The van der Waals surface area contributed by atoms with Crippen LogP contribution in [0, 0.1) is 12.7 Å². The molecule has 26 heavy (non-hydrogen) atoms. The Kier molecular flexibility index (Phi) is 5.48. The molecular weight excluding hydrogens is 355 g/mol. The van der Waals surface area contributed by atoms with Crippen molar-refractivity contribution in [2.75, 3.05) is 37.7 Å². The number of benzene rings is 2. The Labute approximate surface area is 154 Å². The predicted molar refractivity (Wildman–Crippen MR) is 99.7 cm³/mol. The molecule has 0 amide bonds. The van der Waals surface area contributed by atoms with Gasteiger partial charge in [-0.15, -0.1) is 0 Å². The van der Waals surface area contributed by atoms with E-state index in [1.807, 2.05) is 31.2 Å². The minimum atomic E-state index is -3.62. The third-order valence-corrected chi connectivity index (χ3v) is 6.41. The molecule has 0 unspecified atom stereocenters. The number of halogens is 1. The maximum atomic E-state index is 13.4. The molecule has 2 aromatic rings. The van der Waals surface area contributed by atoms with Gasteiger partial charge in [-0.3, -0.25) is 0 Å². The van der Waals surface area contributed by atoms with Crippen molar-refractivity contribution >= 4 is 15.7 Å². The highest BCUT2D eigenvalue weighted by Crippen LogP contribution is 2.30. The van der Waals surface area contributed by atoms with Crippen molar-refractivity contribution in [2.45, 2.75) is 18.7 Å². The van der Waals surface area contributed by atoms with Crippen LogP contribution in [0.15, 0.2) is 47.4 Å². The number of hydrogen-bond donors (Lipinski definition) is 0. The van der Waals surface area contributed by atoms with Gasteiger partial charge in [0.25, 0.3) is 0 Å². The Hall–Kier alpha value is -2.12. The highest BCUT2D eigenvalue weighted by Gasteiger charge is 2.29. The summed E-state index contributed by atoms with van der Waals surface area (Å²) in [5.41, 5.74) is 1.30. The van der Waals surface area contributed by atoms with E-state index in [0.717, 1.165) is 11.4 Å². The van der Waals surface area contributed by atoms with Crippen LogP contribution in [0.5, 0.6) is 5.75 Å². The number of hydrogen-bond acceptors (Lipinski definition) is 4. The third-order valence-electron chi connectivity index (χ3n) is 4.51. The first-order chi connectivity index (χ1) is 12.4. The first kappa shape index (κ1) is 18.7. The molecule has 0 aromatic heterocycles. The van der Waals surface area contributed by atoms with E-state index in [1.165, 1.54) is 22.5 Å². The molecule has 1 aliphatic heterocycles. The van der Waals surface area contributed by atoms with E-state index >= 15 is 0 Å². The molecule has 3 rings (SSSR count). The molecule has 7 heteroatoms. The van der Waals surface area contributed by atoms with E-state index in [9.17, 15) is 12.8 Å². The Morgan fingerprint density at radius 2 is 1.77 bits per heavy atom. The number of rotatable bonds is 5. The van der Waals surface area contributed by atoms with E-state index in [1.54, 1.807) is 6.92 Å². The van der Waals surface area contributed by atoms with Crippen LogP contribution in [-0.4, -0.2) is 45.5 Å². The van der Waals surface area contributed by atoms with E-state index in [-0.39, 0.29) is 4.90 Å². The average Bonchev–Trinajstić information content (AvgIpc) is 2.65. The Bertz CT molecular complexity index is 878. The van der Waals surface area contributed by atoms with Gasteiger partial charge in [0.05, 0.1) is 17.2 Å². The van der Waals surface area contributed by atoms with Crippen LogP contribution in [0.2, 0.25) is 0 Å². The fourth-order valence-corrected chi connectivity index (χ4v) is 4.60. The molecule has 0 spiro atoms.